The molecule has 0 spiro atoms. The third-order valence-electron chi connectivity index (χ3n) is 8.60. The van der Waals surface area contributed by atoms with Crippen molar-refractivity contribution >= 4 is 22.3 Å². The minimum Gasteiger partial charge on any atom is -0.489 e. The lowest BCUT2D eigenvalue weighted by Gasteiger charge is -2.47. The molecule has 1 aliphatic heterocycles. The van der Waals surface area contributed by atoms with E-state index < -0.39 is 0 Å². The number of rotatable bonds is 3. The first kappa shape index (κ1) is 20.8. The minimum atomic E-state index is -0.169. The molecular formula is C28H30N2O3. The average molecular weight is 443 g/mol. The second-order valence-electron chi connectivity index (χ2n) is 10.5. The zero-order chi connectivity index (χ0) is 22.7. The normalized spacial score (nSPS) is 33.3. The van der Waals surface area contributed by atoms with E-state index in [9.17, 15) is 9.59 Å². The quantitative estimate of drug-likeness (QED) is 0.759. The van der Waals surface area contributed by atoms with E-state index in [0.29, 0.717) is 18.6 Å². The molecule has 170 valence electrons. The zero-order valence-electron chi connectivity index (χ0n) is 19.3. The van der Waals surface area contributed by atoms with E-state index in [-0.39, 0.29) is 35.1 Å². The van der Waals surface area contributed by atoms with Gasteiger partial charge in [-0.05, 0) is 66.4 Å². The maximum Gasteiger partial charge on any atom is 0.166 e. The Bertz CT molecular complexity index is 1220. The van der Waals surface area contributed by atoms with Crippen molar-refractivity contribution < 1.29 is 14.3 Å². The number of hydrogen-bond donors (Lipinski definition) is 1. The number of carbonyl (C=O) groups excluding carboxylic acids is 2. The van der Waals surface area contributed by atoms with Gasteiger partial charge in [0, 0.05) is 48.9 Å². The number of allylic oxidation sites excluding steroid dienone is 3. The summed E-state index contributed by atoms with van der Waals surface area (Å²) in [7, 11) is 1.92. The largest absolute Gasteiger partial charge is 0.489 e. The lowest BCUT2D eigenvalue weighted by molar-refractivity contribution is -0.120. The average Bonchev–Trinajstić information content (AvgIpc) is 3.08. The topological polar surface area (TPSA) is 68.3 Å². The molecule has 2 aromatic rings. The van der Waals surface area contributed by atoms with E-state index >= 15 is 0 Å². The highest BCUT2D eigenvalue weighted by Gasteiger charge is 2.59. The van der Waals surface area contributed by atoms with Gasteiger partial charge in [-0.15, -0.1) is 0 Å². The van der Waals surface area contributed by atoms with Crippen LogP contribution >= 0.6 is 0 Å². The van der Waals surface area contributed by atoms with Crippen LogP contribution in [-0.4, -0.2) is 36.2 Å². The summed E-state index contributed by atoms with van der Waals surface area (Å²) in [6.07, 6.45) is 9.40. The third kappa shape index (κ3) is 3.12. The Morgan fingerprint density at radius 2 is 2.06 bits per heavy atom. The van der Waals surface area contributed by atoms with Crippen LogP contribution in [0.5, 0.6) is 0 Å². The Morgan fingerprint density at radius 1 is 1.18 bits per heavy atom. The van der Waals surface area contributed by atoms with E-state index in [0.717, 1.165) is 53.5 Å². The molecule has 33 heavy (non-hydrogen) atoms. The van der Waals surface area contributed by atoms with Crippen LogP contribution in [0.25, 0.3) is 10.8 Å². The molecule has 5 heteroatoms. The number of benzene rings is 1. The number of ketones is 2. The van der Waals surface area contributed by atoms with Gasteiger partial charge in [0.2, 0.25) is 0 Å². The number of fused-ring (bicyclic) bond motifs is 4. The SMILES string of the molecule is CNCC1CC(=O)C2=C(C1)O[C@@H]1C(=C2)CC[C@]2(C)[C@@H](c3cccc4cnccc34)C(=O)C[C@@H]12. The Hall–Kier alpha value is -2.79. The van der Waals surface area contributed by atoms with E-state index in [1.807, 2.05) is 31.6 Å². The molecule has 2 saturated carbocycles. The van der Waals surface area contributed by atoms with Crippen LogP contribution in [-0.2, 0) is 14.3 Å². The molecule has 1 aromatic heterocycles. The predicted molar refractivity (Wildman–Crippen MR) is 127 cm³/mol. The fourth-order valence-corrected chi connectivity index (χ4v) is 7.00. The lowest BCUT2D eigenvalue weighted by Crippen LogP contribution is -2.44. The number of pyridine rings is 1. The molecule has 5 atom stereocenters. The van der Waals surface area contributed by atoms with Gasteiger partial charge in [-0.3, -0.25) is 14.6 Å². The fourth-order valence-electron chi connectivity index (χ4n) is 7.00. The van der Waals surface area contributed by atoms with Gasteiger partial charge in [-0.1, -0.05) is 25.1 Å². The van der Waals surface area contributed by atoms with Gasteiger partial charge in [-0.2, -0.15) is 0 Å². The molecule has 0 saturated heterocycles. The number of ether oxygens (including phenoxy) is 1. The molecule has 0 amide bonds. The van der Waals surface area contributed by atoms with E-state index in [1.165, 1.54) is 5.57 Å². The van der Waals surface area contributed by atoms with Gasteiger partial charge in [0.1, 0.15) is 17.6 Å². The molecule has 0 radical (unpaired) electrons. The third-order valence-corrected chi connectivity index (χ3v) is 8.60. The number of carbonyl (C=O) groups is 2. The van der Waals surface area contributed by atoms with Gasteiger partial charge < -0.3 is 10.1 Å². The number of hydrogen-bond acceptors (Lipinski definition) is 5. The molecule has 3 aliphatic carbocycles. The Morgan fingerprint density at radius 3 is 2.91 bits per heavy atom. The predicted octanol–water partition coefficient (Wildman–Crippen LogP) is 4.49. The molecule has 1 N–H and O–H groups in total. The molecule has 2 fully saturated rings. The first-order valence-electron chi connectivity index (χ1n) is 12.1. The van der Waals surface area contributed by atoms with Crippen molar-refractivity contribution in [2.75, 3.05) is 13.6 Å². The van der Waals surface area contributed by atoms with Crippen LogP contribution < -0.4 is 5.32 Å². The van der Waals surface area contributed by atoms with Crippen LogP contribution in [0.3, 0.4) is 0 Å². The monoisotopic (exact) mass is 442 g/mol. The van der Waals surface area contributed by atoms with E-state index in [2.05, 4.69) is 35.4 Å². The second-order valence-corrected chi connectivity index (χ2v) is 10.5. The van der Waals surface area contributed by atoms with Crippen molar-refractivity contribution in [2.24, 2.45) is 17.3 Å². The number of Topliss-reactive ketones (excluding diaryl/α,β-unsaturated/α-hetero) is 2. The van der Waals surface area contributed by atoms with Crippen molar-refractivity contribution in [3.63, 3.8) is 0 Å². The van der Waals surface area contributed by atoms with Gasteiger partial charge in [-0.25, -0.2) is 0 Å². The van der Waals surface area contributed by atoms with Crippen molar-refractivity contribution in [3.8, 4) is 0 Å². The van der Waals surface area contributed by atoms with Crippen molar-refractivity contribution in [1.82, 2.24) is 10.3 Å². The molecule has 4 aliphatic rings. The molecule has 6 rings (SSSR count). The Labute approximate surface area is 194 Å². The molecule has 1 unspecified atom stereocenters. The van der Waals surface area contributed by atoms with Crippen molar-refractivity contribution in [1.29, 1.82) is 0 Å². The lowest BCUT2D eigenvalue weighted by atomic mass is 9.60. The van der Waals surface area contributed by atoms with Crippen LogP contribution in [0.15, 0.2) is 59.6 Å². The first-order valence-corrected chi connectivity index (χ1v) is 12.1. The standard InChI is InChI=1S/C28H30N2O3/c1-28-8-6-17-12-21-23(31)10-16(14-29-2)11-25(21)33-27(17)22(28)13-24(32)26(28)20-5-3-4-18-15-30-9-7-19(18)20/h3-5,7,9,12,15-16,22,26-27,29H,6,8,10-11,13-14H2,1-2H3/t16?,22-,26-,27+,28-/m0/s1. The van der Waals surface area contributed by atoms with Gasteiger partial charge in [0.05, 0.1) is 5.57 Å². The highest BCUT2D eigenvalue weighted by Crippen LogP contribution is 2.61. The molecular weight excluding hydrogens is 412 g/mol. The van der Waals surface area contributed by atoms with E-state index in [4.69, 9.17) is 4.74 Å². The first-order chi connectivity index (χ1) is 16.0. The number of aromatic nitrogens is 1. The summed E-state index contributed by atoms with van der Waals surface area (Å²) in [6.45, 7) is 3.10. The molecule has 0 bridgehead atoms. The van der Waals surface area contributed by atoms with Crippen LogP contribution in [0.4, 0.5) is 0 Å². The van der Waals surface area contributed by atoms with Crippen LogP contribution in [0, 0.1) is 17.3 Å². The van der Waals surface area contributed by atoms with Crippen LogP contribution in [0.2, 0.25) is 0 Å². The maximum absolute atomic E-state index is 13.6. The minimum absolute atomic E-state index is 0.103. The zero-order valence-corrected chi connectivity index (χ0v) is 19.3. The van der Waals surface area contributed by atoms with Gasteiger partial charge in [0.15, 0.2) is 5.78 Å². The van der Waals surface area contributed by atoms with E-state index in [1.54, 1.807) is 0 Å². The summed E-state index contributed by atoms with van der Waals surface area (Å²) >= 11 is 0. The fraction of sp³-hybridized carbons (Fsp3) is 0.464. The summed E-state index contributed by atoms with van der Waals surface area (Å²) < 4.78 is 6.64. The summed E-state index contributed by atoms with van der Waals surface area (Å²) in [5.41, 5.74) is 2.93. The molecule has 1 aromatic carbocycles. The summed E-state index contributed by atoms with van der Waals surface area (Å²) in [4.78, 5) is 30.7. The highest BCUT2D eigenvalue weighted by molar-refractivity contribution is 6.00. The summed E-state index contributed by atoms with van der Waals surface area (Å²) in [5, 5.41) is 5.40. The number of nitrogens with one attached hydrogen (secondary N) is 1. The van der Waals surface area contributed by atoms with Crippen LogP contribution in [0.1, 0.15) is 50.5 Å². The second kappa shape index (κ2) is 7.63. The Kier molecular flexibility index (Phi) is 4.80. The van der Waals surface area contributed by atoms with Crippen molar-refractivity contribution in [2.45, 2.75) is 51.0 Å². The number of nitrogens with zero attached hydrogens (tertiary/aromatic N) is 1. The molecule has 5 nitrogen and oxygen atoms in total. The molecule has 2 heterocycles. The van der Waals surface area contributed by atoms with Crippen molar-refractivity contribution in [3.05, 3.63) is 65.2 Å². The smallest absolute Gasteiger partial charge is 0.166 e. The maximum atomic E-state index is 13.6. The summed E-state index contributed by atoms with van der Waals surface area (Å²) in [5.74, 6) is 1.61. The Balaban J connectivity index is 1.36. The highest BCUT2D eigenvalue weighted by atomic mass is 16.5. The van der Waals surface area contributed by atoms with Gasteiger partial charge in [0.25, 0.3) is 0 Å². The van der Waals surface area contributed by atoms with Gasteiger partial charge >= 0.3 is 0 Å². The summed E-state index contributed by atoms with van der Waals surface area (Å²) in [6, 6.07) is 8.26.